The van der Waals surface area contributed by atoms with Crippen LogP contribution in [0.3, 0.4) is 0 Å². The highest BCUT2D eigenvalue weighted by Gasteiger charge is 2.54. The monoisotopic (exact) mass is 425 g/mol. The van der Waals surface area contributed by atoms with Crippen LogP contribution in [0.5, 0.6) is 11.5 Å². The van der Waals surface area contributed by atoms with E-state index >= 15 is 0 Å². The molecule has 3 unspecified atom stereocenters. The number of aryl methyl sites for hydroxylation is 1. The van der Waals surface area contributed by atoms with Crippen molar-refractivity contribution in [1.82, 2.24) is 4.90 Å². The summed E-state index contributed by atoms with van der Waals surface area (Å²) in [6.45, 7) is 4.68. The molecule has 2 aromatic carbocycles. The van der Waals surface area contributed by atoms with E-state index in [1.807, 2.05) is 62.4 Å². The molecule has 1 saturated carbocycles. The minimum Gasteiger partial charge on any atom is -0.481 e. The smallest absolute Gasteiger partial charge is 0.308 e. The van der Waals surface area contributed by atoms with Crippen molar-refractivity contribution in [2.24, 2.45) is 17.8 Å². The van der Waals surface area contributed by atoms with E-state index in [9.17, 15) is 24.6 Å². The molecule has 1 aliphatic carbocycles. The number of para-hydroxylation sites is 1. The average molecular weight is 425 g/mol. The molecule has 31 heavy (non-hydrogen) atoms. The highest BCUT2D eigenvalue weighted by Crippen LogP contribution is 2.42. The van der Waals surface area contributed by atoms with Gasteiger partial charge in [0.05, 0.1) is 17.8 Å². The molecule has 0 heterocycles. The Hall–Kier alpha value is -3.35. The minimum absolute atomic E-state index is 0.0637. The van der Waals surface area contributed by atoms with Crippen LogP contribution in [0.15, 0.2) is 48.5 Å². The summed E-state index contributed by atoms with van der Waals surface area (Å²) in [7, 11) is 0. The lowest BCUT2D eigenvalue weighted by Gasteiger charge is -2.40. The Labute approximate surface area is 181 Å². The number of aliphatic carboxylic acids is 2. The summed E-state index contributed by atoms with van der Waals surface area (Å²) in [5, 5.41) is 18.6. The largest absolute Gasteiger partial charge is 0.481 e. The Balaban J connectivity index is 1.72. The van der Waals surface area contributed by atoms with E-state index < -0.39 is 29.7 Å². The number of hydrogen-bond donors (Lipinski definition) is 2. The van der Waals surface area contributed by atoms with Gasteiger partial charge in [-0.15, -0.1) is 0 Å². The molecule has 0 saturated heterocycles. The number of carboxylic acid groups (broad SMARTS) is 2. The van der Waals surface area contributed by atoms with Crippen LogP contribution in [0, 0.1) is 24.7 Å². The molecular formula is C24H27NO6. The second kappa shape index (κ2) is 9.64. The van der Waals surface area contributed by atoms with E-state index in [4.69, 9.17) is 4.74 Å². The zero-order chi connectivity index (χ0) is 22.5. The minimum atomic E-state index is -1.23. The van der Waals surface area contributed by atoms with Crippen LogP contribution in [-0.2, 0) is 20.9 Å². The fourth-order valence-electron chi connectivity index (χ4n) is 4.04. The number of ether oxygens (including phenoxy) is 1. The fourth-order valence-corrected chi connectivity index (χ4v) is 4.04. The van der Waals surface area contributed by atoms with Gasteiger partial charge in [-0.1, -0.05) is 37.3 Å². The summed E-state index contributed by atoms with van der Waals surface area (Å²) in [6.07, 6.45) is 0.779. The number of nitrogens with zero attached hydrogens (tertiary/aromatic N) is 1. The van der Waals surface area contributed by atoms with E-state index in [1.165, 1.54) is 0 Å². The Bertz CT molecular complexity index is 958. The zero-order valence-corrected chi connectivity index (χ0v) is 17.7. The standard InChI is InChI=1S/C24H27NO6/c1-3-11-25(22(26)18-13-19(23(27)28)21(18)24(29)30)14-16-9-10-20(15(2)12-16)31-17-7-5-4-6-8-17/h4-10,12,18-19,21H,3,11,13-14H2,1-2H3,(H,27,28)(H,29,30). The summed E-state index contributed by atoms with van der Waals surface area (Å²) in [5.41, 5.74) is 1.82. The lowest BCUT2D eigenvalue weighted by atomic mass is 9.64. The van der Waals surface area contributed by atoms with Gasteiger partial charge in [0.2, 0.25) is 5.91 Å². The fraction of sp³-hybridized carbons (Fsp3) is 0.375. The molecule has 0 radical (unpaired) electrons. The summed E-state index contributed by atoms with van der Waals surface area (Å²) >= 11 is 0. The predicted octanol–water partition coefficient (Wildman–Crippen LogP) is 3.95. The van der Waals surface area contributed by atoms with Gasteiger partial charge >= 0.3 is 11.9 Å². The van der Waals surface area contributed by atoms with Crippen molar-refractivity contribution in [2.75, 3.05) is 6.54 Å². The first-order chi connectivity index (χ1) is 14.8. The van der Waals surface area contributed by atoms with Crippen molar-refractivity contribution in [3.8, 4) is 11.5 Å². The molecule has 2 aromatic rings. The third-order valence-electron chi connectivity index (χ3n) is 5.68. The first-order valence-corrected chi connectivity index (χ1v) is 10.4. The van der Waals surface area contributed by atoms with Crippen LogP contribution in [0.25, 0.3) is 0 Å². The van der Waals surface area contributed by atoms with E-state index in [-0.39, 0.29) is 12.3 Å². The van der Waals surface area contributed by atoms with Crippen molar-refractivity contribution < 1.29 is 29.3 Å². The summed E-state index contributed by atoms with van der Waals surface area (Å²) in [6, 6.07) is 15.1. The summed E-state index contributed by atoms with van der Waals surface area (Å²) in [4.78, 5) is 37.5. The van der Waals surface area contributed by atoms with Gasteiger partial charge < -0.3 is 19.8 Å². The van der Waals surface area contributed by atoms with Crippen LogP contribution in [0.4, 0.5) is 0 Å². The summed E-state index contributed by atoms with van der Waals surface area (Å²) in [5.74, 6) is -4.22. The predicted molar refractivity (Wildman–Crippen MR) is 114 cm³/mol. The number of hydrogen-bond acceptors (Lipinski definition) is 4. The normalized spacial score (nSPS) is 19.9. The van der Waals surface area contributed by atoms with E-state index in [1.54, 1.807) is 4.90 Å². The van der Waals surface area contributed by atoms with Crippen LogP contribution in [0.1, 0.15) is 30.9 Å². The van der Waals surface area contributed by atoms with E-state index in [0.717, 1.165) is 22.6 Å². The molecule has 7 nitrogen and oxygen atoms in total. The Morgan fingerprint density at radius 2 is 1.74 bits per heavy atom. The molecular weight excluding hydrogens is 398 g/mol. The third-order valence-corrected chi connectivity index (χ3v) is 5.68. The van der Waals surface area contributed by atoms with Gasteiger partial charge in [-0.05, 0) is 49.1 Å². The van der Waals surface area contributed by atoms with Crippen LogP contribution in [0.2, 0.25) is 0 Å². The second-order valence-electron chi connectivity index (χ2n) is 7.93. The lowest BCUT2D eigenvalue weighted by molar-refractivity contribution is -0.172. The number of carboxylic acids is 2. The van der Waals surface area contributed by atoms with Crippen LogP contribution in [-0.4, -0.2) is 39.5 Å². The number of amides is 1. The molecule has 0 spiro atoms. The van der Waals surface area contributed by atoms with Gasteiger partial charge in [-0.2, -0.15) is 0 Å². The molecule has 1 amide bonds. The van der Waals surface area contributed by atoms with Crippen molar-refractivity contribution in [3.05, 3.63) is 59.7 Å². The molecule has 7 heteroatoms. The number of carbonyl (C=O) groups excluding carboxylic acids is 1. The van der Waals surface area contributed by atoms with Gasteiger partial charge in [-0.25, -0.2) is 0 Å². The number of benzene rings is 2. The van der Waals surface area contributed by atoms with Gasteiger partial charge in [0.25, 0.3) is 0 Å². The maximum Gasteiger partial charge on any atom is 0.308 e. The van der Waals surface area contributed by atoms with Crippen LogP contribution >= 0.6 is 0 Å². The highest BCUT2D eigenvalue weighted by molar-refractivity contribution is 5.91. The molecule has 0 bridgehead atoms. The van der Waals surface area contributed by atoms with Gasteiger partial charge in [0.15, 0.2) is 0 Å². The number of rotatable bonds is 9. The number of carbonyl (C=O) groups is 3. The molecule has 2 N–H and O–H groups in total. The zero-order valence-electron chi connectivity index (χ0n) is 17.7. The van der Waals surface area contributed by atoms with Gasteiger partial charge in [-0.3, -0.25) is 14.4 Å². The quantitative estimate of drug-likeness (QED) is 0.630. The SMILES string of the molecule is CCCN(Cc1ccc(Oc2ccccc2)c(C)c1)C(=O)C1CC(C(=O)O)C1C(=O)O. The first-order valence-electron chi connectivity index (χ1n) is 10.4. The molecule has 1 fully saturated rings. The maximum absolute atomic E-state index is 13.0. The van der Waals surface area contributed by atoms with Crippen molar-refractivity contribution in [2.45, 2.75) is 33.2 Å². The Kier molecular flexibility index (Phi) is 6.95. The third kappa shape index (κ3) is 5.05. The second-order valence-corrected chi connectivity index (χ2v) is 7.93. The van der Waals surface area contributed by atoms with E-state index in [0.29, 0.717) is 19.5 Å². The van der Waals surface area contributed by atoms with Gasteiger partial charge in [0.1, 0.15) is 11.5 Å². The topological polar surface area (TPSA) is 104 Å². The van der Waals surface area contributed by atoms with Crippen LogP contribution < -0.4 is 4.74 Å². The lowest BCUT2D eigenvalue weighted by Crippen LogP contribution is -2.53. The highest BCUT2D eigenvalue weighted by atomic mass is 16.5. The average Bonchev–Trinajstić information content (AvgIpc) is 2.69. The van der Waals surface area contributed by atoms with Crippen molar-refractivity contribution in [1.29, 1.82) is 0 Å². The molecule has 0 aromatic heterocycles. The summed E-state index contributed by atoms with van der Waals surface area (Å²) < 4.78 is 5.90. The molecule has 1 aliphatic rings. The Morgan fingerprint density at radius 1 is 1.03 bits per heavy atom. The van der Waals surface area contributed by atoms with Gasteiger partial charge in [0, 0.05) is 13.1 Å². The molecule has 0 aliphatic heterocycles. The molecule has 164 valence electrons. The maximum atomic E-state index is 13.0. The van der Waals surface area contributed by atoms with Crippen molar-refractivity contribution in [3.63, 3.8) is 0 Å². The molecule has 3 rings (SSSR count). The first kappa shape index (κ1) is 22.3. The van der Waals surface area contributed by atoms with E-state index in [2.05, 4.69) is 0 Å². The van der Waals surface area contributed by atoms with Crippen molar-refractivity contribution >= 4 is 17.8 Å². The molecule has 3 atom stereocenters. The Morgan fingerprint density at radius 3 is 2.32 bits per heavy atom.